The summed E-state index contributed by atoms with van der Waals surface area (Å²) in [6, 6.07) is 11.8. The minimum absolute atomic E-state index is 0.0135. The predicted octanol–water partition coefficient (Wildman–Crippen LogP) is 2.09. The number of aromatic nitrogens is 1. The smallest absolute Gasteiger partial charge is 0.186 e. The Bertz CT molecular complexity index is 961. The first-order valence-electron chi connectivity index (χ1n) is 5.66. The molecule has 0 spiro atoms. The lowest BCUT2D eigenvalue weighted by molar-refractivity contribution is 1.44. The van der Waals surface area contributed by atoms with Gasteiger partial charge in [-0.2, -0.15) is 0 Å². The van der Waals surface area contributed by atoms with Crippen LogP contribution in [0, 0.1) is 0 Å². The molecule has 0 unspecified atom stereocenters. The lowest BCUT2D eigenvalue weighted by atomic mass is 10.0. The van der Waals surface area contributed by atoms with Crippen LogP contribution in [-0.4, -0.2) is 4.98 Å². The fraction of sp³-hybridized carbons (Fsp3) is 0. The maximum absolute atomic E-state index is 11.7. The van der Waals surface area contributed by atoms with Crippen LogP contribution >= 0.6 is 0 Å². The molecule has 0 bridgehead atoms. The van der Waals surface area contributed by atoms with Crippen LogP contribution in [-0.2, 0) is 0 Å². The average Bonchev–Trinajstić information content (AvgIpc) is 2.90. The molecular formula is C15H7NO2. The predicted molar refractivity (Wildman–Crippen MR) is 70.8 cm³/mol. The van der Waals surface area contributed by atoms with Gasteiger partial charge in [0.2, 0.25) is 0 Å². The van der Waals surface area contributed by atoms with Crippen LogP contribution in [0.5, 0.6) is 0 Å². The Morgan fingerprint density at radius 3 is 2.56 bits per heavy atom. The Hall–Kier alpha value is -2.55. The SMILES string of the molecule is O=c1ccc2nc3ccc4c(=O)ccc4c3c-2c1. The Labute approximate surface area is 101 Å². The molecule has 1 heterocycles. The van der Waals surface area contributed by atoms with Crippen LogP contribution in [0.1, 0.15) is 0 Å². The molecule has 1 aliphatic carbocycles. The zero-order valence-corrected chi connectivity index (χ0v) is 9.31. The van der Waals surface area contributed by atoms with Gasteiger partial charge in [-0.1, -0.05) is 0 Å². The van der Waals surface area contributed by atoms with Gasteiger partial charge in [0.05, 0.1) is 11.2 Å². The summed E-state index contributed by atoms with van der Waals surface area (Å²) in [4.78, 5) is 27.6. The van der Waals surface area contributed by atoms with Gasteiger partial charge in [0.1, 0.15) is 0 Å². The van der Waals surface area contributed by atoms with E-state index >= 15 is 0 Å². The molecule has 0 saturated carbocycles. The highest BCUT2D eigenvalue weighted by Crippen LogP contribution is 2.34. The molecule has 84 valence electrons. The summed E-state index contributed by atoms with van der Waals surface area (Å²) in [5.74, 6) is 0. The number of hydrogen-bond donors (Lipinski definition) is 0. The number of nitrogens with zero attached hydrogens (tertiary/aromatic N) is 1. The normalized spacial score (nSPS) is 11.8. The van der Waals surface area contributed by atoms with Crippen molar-refractivity contribution >= 4 is 21.7 Å². The third kappa shape index (κ3) is 1.06. The molecule has 0 aromatic heterocycles. The van der Waals surface area contributed by atoms with E-state index in [1.165, 1.54) is 6.07 Å². The second-order valence-electron chi connectivity index (χ2n) is 4.41. The van der Waals surface area contributed by atoms with Crippen LogP contribution in [0.3, 0.4) is 0 Å². The molecule has 0 fully saturated rings. The van der Waals surface area contributed by atoms with Gasteiger partial charge in [0.25, 0.3) is 0 Å². The average molecular weight is 233 g/mol. The van der Waals surface area contributed by atoms with Crippen molar-refractivity contribution in [2.24, 2.45) is 0 Å². The van der Waals surface area contributed by atoms with Gasteiger partial charge in [0.15, 0.2) is 10.9 Å². The van der Waals surface area contributed by atoms with Crippen molar-refractivity contribution in [3.63, 3.8) is 0 Å². The summed E-state index contributed by atoms with van der Waals surface area (Å²) < 4.78 is 0. The van der Waals surface area contributed by atoms with Crippen LogP contribution in [0.2, 0.25) is 0 Å². The molecule has 3 nitrogen and oxygen atoms in total. The van der Waals surface area contributed by atoms with Crippen molar-refractivity contribution in [2.75, 3.05) is 0 Å². The van der Waals surface area contributed by atoms with Gasteiger partial charge in [0, 0.05) is 16.3 Å². The second-order valence-corrected chi connectivity index (χ2v) is 4.41. The zero-order valence-electron chi connectivity index (χ0n) is 9.31. The minimum atomic E-state index is -0.0392. The van der Waals surface area contributed by atoms with Crippen LogP contribution < -0.4 is 10.9 Å². The van der Waals surface area contributed by atoms with Gasteiger partial charge < -0.3 is 0 Å². The summed E-state index contributed by atoms with van der Waals surface area (Å²) >= 11 is 0. The largest absolute Gasteiger partial charge is 0.290 e. The molecule has 0 atom stereocenters. The molecule has 1 aliphatic heterocycles. The number of fused-ring (bicyclic) bond motifs is 5. The first-order valence-corrected chi connectivity index (χ1v) is 5.66. The van der Waals surface area contributed by atoms with E-state index < -0.39 is 0 Å². The van der Waals surface area contributed by atoms with Crippen LogP contribution in [0.25, 0.3) is 32.9 Å². The van der Waals surface area contributed by atoms with Gasteiger partial charge >= 0.3 is 0 Å². The van der Waals surface area contributed by atoms with Gasteiger partial charge in [-0.3, -0.25) is 9.59 Å². The summed E-state index contributed by atoms with van der Waals surface area (Å²) in [5, 5.41) is 2.47. The Balaban J connectivity index is 2.37. The topological polar surface area (TPSA) is 47.0 Å². The van der Waals surface area contributed by atoms with E-state index in [1.807, 2.05) is 6.07 Å². The van der Waals surface area contributed by atoms with Crippen molar-refractivity contribution < 1.29 is 0 Å². The van der Waals surface area contributed by atoms with Crippen LogP contribution in [0.15, 0.2) is 52.1 Å². The highest BCUT2D eigenvalue weighted by atomic mass is 16.1. The van der Waals surface area contributed by atoms with Crippen molar-refractivity contribution in [1.82, 2.24) is 4.98 Å². The molecule has 0 radical (unpaired) electrons. The summed E-state index contributed by atoms with van der Waals surface area (Å²) in [7, 11) is 0. The summed E-state index contributed by atoms with van der Waals surface area (Å²) in [6.07, 6.45) is 0. The molecule has 2 aromatic rings. The number of rotatable bonds is 0. The lowest BCUT2D eigenvalue weighted by Gasteiger charge is -1.96. The lowest BCUT2D eigenvalue weighted by Crippen LogP contribution is -1.96. The van der Waals surface area contributed by atoms with E-state index in [9.17, 15) is 9.59 Å². The third-order valence-corrected chi connectivity index (χ3v) is 3.37. The molecule has 2 aromatic carbocycles. The van der Waals surface area contributed by atoms with Crippen molar-refractivity contribution in [2.45, 2.75) is 0 Å². The first-order chi connectivity index (χ1) is 8.74. The number of hydrogen-bond acceptors (Lipinski definition) is 3. The van der Waals surface area contributed by atoms with Crippen LogP contribution in [0.4, 0.5) is 0 Å². The molecule has 2 aliphatic rings. The van der Waals surface area contributed by atoms with E-state index in [1.54, 1.807) is 30.3 Å². The van der Waals surface area contributed by atoms with E-state index in [-0.39, 0.29) is 10.9 Å². The molecular weight excluding hydrogens is 226 g/mol. The van der Waals surface area contributed by atoms with Gasteiger partial charge in [-0.15, -0.1) is 0 Å². The van der Waals surface area contributed by atoms with Crippen molar-refractivity contribution in [1.29, 1.82) is 0 Å². The highest BCUT2D eigenvalue weighted by molar-refractivity contribution is 6.14. The molecule has 0 amide bonds. The second kappa shape index (κ2) is 3.01. The van der Waals surface area contributed by atoms with Gasteiger partial charge in [-0.25, -0.2) is 4.98 Å². The van der Waals surface area contributed by atoms with E-state index in [0.717, 1.165) is 27.5 Å². The van der Waals surface area contributed by atoms with E-state index in [4.69, 9.17) is 0 Å². The third-order valence-electron chi connectivity index (χ3n) is 3.37. The van der Waals surface area contributed by atoms with Gasteiger partial charge in [-0.05, 0) is 47.9 Å². The monoisotopic (exact) mass is 233 g/mol. The minimum Gasteiger partial charge on any atom is -0.290 e. The van der Waals surface area contributed by atoms with Crippen molar-refractivity contribution in [3.8, 4) is 11.3 Å². The molecule has 0 saturated heterocycles. The Morgan fingerprint density at radius 1 is 0.833 bits per heavy atom. The molecule has 0 N–H and O–H groups in total. The first kappa shape index (κ1) is 9.48. The molecule has 4 rings (SSSR count). The molecule has 3 heteroatoms. The maximum atomic E-state index is 11.7. The summed E-state index contributed by atoms with van der Waals surface area (Å²) in [5.41, 5.74) is 2.43. The highest BCUT2D eigenvalue weighted by Gasteiger charge is 2.15. The van der Waals surface area contributed by atoms with Crippen molar-refractivity contribution in [3.05, 3.63) is 62.9 Å². The van der Waals surface area contributed by atoms with E-state index in [0.29, 0.717) is 5.39 Å². The van der Waals surface area contributed by atoms with E-state index in [2.05, 4.69) is 4.98 Å². The zero-order chi connectivity index (χ0) is 12.3. The Kier molecular flexibility index (Phi) is 1.59. The standard InChI is InChI=1S/C15H7NO2/c17-8-1-4-12-11(7-8)15-10-3-6-14(18)9(10)2-5-13(15)16-12/h1-7H. The fourth-order valence-electron chi connectivity index (χ4n) is 2.56. The number of benzene rings is 2. The maximum Gasteiger partial charge on any atom is 0.186 e. The quantitative estimate of drug-likeness (QED) is 0.467. The molecule has 18 heavy (non-hydrogen) atoms. The summed E-state index contributed by atoms with van der Waals surface area (Å²) in [6.45, 7) is 0. The fourth-order valence-corrected chi connectivity index (χ4v) is 2.56. The Morgan fingerprint density at radius 2 is 1.67 bits per heavy atom.